The van der Waals surface area contributed by atoms with Crippen LogP contribution in [0.2, 0.25) is 0 Å². The molecule has 158 valence electrons. The van der Waals surface area contributed by atoms with Gasteiger partial charge in [-0.05, 0) is 74.7 Å². The maximum Gasteiger partial charge on any atom is 0.00697 e. The first-order chi connectivity index (χ1) is 13.0. The molecular formula is C26H49N. The first-order valence-electron chi connectivity index (χ1n) is 12.4. The quantitative estimate of drug-likeness (QED) is 0.385. The van der Waals surface area contributed by atoms with Crippen LogP contribution in [0.5, 0.6) is 0 Å². The Labute approximate surface area is 171 Å². The van der Waals surface area contributed by atoms with E-state index >= 15 is 0 Å². The van der Waals surface area contributed by atoms with Gasteiger partial charge in [0.05, 0.1) is 0 Å². The van der Waals surface area contributed by atoms with Crippen LogP contribution in [0.1, 0.15) is 112 Å². The highest BCUT2D eigenvalue weighted by Gasteiger charge is 2.33. The standard InChI is InChI=1S/C26H49N/c1-7-11-24(17-22-14-10-13-19(4)15-22)27-18-26-20(5)16-23(9-3)25(12-8-2)21(26)6/h19-22,24,26-27H,7-18H2,1-6H3. The summed E-state index contributed by atoms with van der Waals surface area (Å²) in [6.07, 6.45) is 15.2. The van der Waals surface area contributed by atoms with Crippen molar-refractivity contribution in [2.75, 3.05) is 6.54 Å². The Kier molecular flexibility index (Phi) is 9.91. The van der Waals surface area contributed by atoms with Gasteiger partial charge < -0.3 is 5.32 Å². The van der Waals surface area contributed by atoms with Crippen molar-refractivity contribution in [3.05, 3.63) is 11.1 Å². The second-order valence-corrected chi connectivity index (χ2v) is 10.1. The molecule has 0 bridgehead atoms. The largest absolute Gasteiger partial charge is 0.314 e. The molecule has 0 aromatic heterocycles. The van der Waals surface area contributed by atoms with Crippen LogP contribution in [-0.2, 0) is 0 Å². The lowest BCUT2D eigenvalue weighted by Gasteiger charge is -2.40. The molecule has 2 rings (SSSR count). The van der Waals surface area contributed by atoms with Crippen LogP contribution in [-0.4, -0.2) is 12.6 Å². The van der Waals surface area contributed by atoms with Crippen LogP contribution >= 0.6 is 0 Å². The summed E-state index contributed by atoms with van der Waals surface area (Å²) in [5, 5.41) is 4.09. The van der Waals surface area contributed by atoms with Gasteiger partial charge in [-0.2, -0.15) is 0 Å². The SMILES string of the molecule is CCCC1=C(CC)CC(C)C(CNC(CCC)CC2CCCC(C)C2)C1C. The molecule has 6 atom stereocenters. The zero-order valence-corrected chi connectivity index (χ0v) is 19.4. The van der Waals surface area contributed by atoms with Crippen molar-refractivity contribution in [3.63, 3.8) is 0 Å². The van der Waals surface area contributed by atoms with E-state index in [2.05, 4.69) is 46.9 Å². The summed E-state index contributed by atoms with van der Waals surface area (Å²) in [6.45, 7) is 15.8. The second-order valence-electron chi connectivity index (χ2n) is 10.1. The Bertz CT molecular complexity index is 451. The van der Waals surface area contributed by atoms with Gasteiger partial charge in [0.25, 0.3) is 0 Å². The summed E-state index contributed by atoms with van der Waals surface area (Å²) in [5.41, 5.74) is 3.60. The summed E-state index contributed by atoms with van der Waals surface area (Å²) < 4.78 is 0. The van der Waals surface area contributed by atoms with E-state index in [1.165, 1.54) is 77.2 Å². The zero-order valence-electron chi connectivity index (χ0n) is 19.4. The van der Waals surface area contributed by atoms with Crippen molar-refractivity contribution >= 4 is 0 Å². The molecule has 1 fully saturated rings. The van der Waals surface area contributed by atoms with Gasteiger partial charge >= 0.3 is 0 Å². The molecule has 0 aromatic carbocycles. The van der Waals surface area contributed by atoms with Crippen LogP contribution in [0.3, 0.4) is 0 Å². The van der Waals surface area contributed by atoms with Crippen LogP contribution in [0.4, 0.5) is 0 Å². The van der Waals surface area contributed by atoms with E-state index in [-0.39, 0.29) is 0 Å². The lowest BCUT2D eigenvalue weighted by atomic mass is 9.68. The van der Waals surface area contributed by atoms with E-state index in [4.69, 9.17) is 0 Å². The fraction of sp³-hybridized carbons (Fsp3) is 0.923. The van der Waals surface area contributed by atoms with Gasteiger partial charge in [0.15, 0.2) is 0 Å². The maximum absolute atomic E-state index is 4.09. The van der Waals surface area contributed by atoms with Crippen LogP contribution in [0, 0.1) is 29.6 Å². The normalized spacial score (nSPS) is 33.3. The molecule has 1 heteroatoms. The van der Waals surface area contributed by atoms with Gasteiger partial charge in [-0.25, -0.2) is 0 Å². The lowest BCUT2D eigenvalue weighted by Crippen LogP contribution is -2.41. The minimum absolute atomic E-state index is 0.746. The maximum atomic E-state index is 4.09. The van der Waals surface area contributed by atoms with E-state index in [1.807, 2.05) is 5.57 Å². The summed E-state index contributed by atoms with van der Waals surface area (Å²) in [5.74, 6) is 4.36. The summed E-state index contributed by atoms with van der Waals surface area (Å²) >= 11 is 0. The average Bonchev–Trinajstić information content (AvgIpc) is 2.63. The van der Waals surface area contributed by atoms with E-state index < -0.39 is 0 Å². The van der Waals surface area contributed by atoms with E-state index in [0.29, 0.717) is 0 Å². The Balaban J connectivity index is 1.95. The van der Waals surface area contributed by atoms with Crippen molar-refractivity contribution in [2.24, 2.45) is 29.6 Å². The van der Waals surface area contributed by atoms with Gasteiger partial charge in [-0.15, -0.1) is 0 Å². The first kappa shape index (κ1) is 23.0. The monoisotopic (exact) mass is 375 g/mol. The van der Waals surface area contributed by atoms with Gasteiger partial charge in [-0.3, -0.25) is 0 Å². The Morgan fingerprint density at radius 2 is 1.81 bits per heavy atom. The Morgan fingerprint density at radius 1 is 1.04 bits per heavy atom. The average molecular weight is 376 g/mol. The molecule has 27 heavy (non-hydrogen) atoms. The van der Waals surface area contributed by atoms with E-state index in [1.54, 1.807) is 5.57 Å². The summed E-state index contributed by atoms with van der Waals surface area (Å²) in [4.78, 5) is 0. The molecule has 1 N–H and O–H groups in total. The summed E-state index contributed by atoms with van der Waals surface area (Å²) in [7, 11) is 0. The number of hydrogen-bond acceptors (Lipinski definition) is 1. The molecule has 0 spiro atoms. The molecule has 0 saturated heterocycles. The number of nitrogens with one attached hydrogen (secondary N) is 1. The van der Waals surface area contributed by atoms with Crippen molar-refractivity contribution in [2.45, 2.75) is 118 Å². The molecule has 0 radical (unpaired) electrons. The minimum Gasteiger partial charge on any atom is -0.314 e. The Morgan fingerprint density at radius 3 is 2.44 bits per heavy atom. The molecule has 0 heterocycles. The highest BCUT2D eigenvalue weighted by Crippen LogP contribution is 2.41. The lowest BCUT2D eigenvalue weighted by molar-refractivity contribution is 0.209. The molecule has 2 aliphatic rings. The molecule has 6 unspecified atom stereocenters. The second kappa shape index (κ2) is 11.6. The molecule has 1 nitrogen and oxygen atoms in total. The van der Waals surface area contributed by atoms with Gasteiger partial charge in [0, 0.05) is 6.04 Å². The predicted molar refractivity (Wildman–Crippen MR) is 121 cm³/mol. The molecule has 0 aliphatic heterocycles. The van der Waals surface area contributed by atoms with Crippen LogP contribution in [0.25, 0.3) is 0 Å². The van der Waals surface area contributed by atoms with E-state index in [0.717, 1.165) is 35.6 Å². The zero-order chi connectivity index (χ0) is 19.8. The third-order valence-corrected chi connectivity index (χ3v) is 7.83. The minimum atomic E-state index is 0.746. The van der Waals surface area contributed by atoms with Crippen molar-refractivity contribution in [1.82, 2.24) is 5.32 Å². The highest BCUT2D eigenvalue weighted by molar-refractivity contribution is 5.22. The number of hydrogen-bond donors (Lipinski definition) is 1. The van der Waals surface area contributed by atoms with Crippen molar-refractivity contribution in [3.8, 4) is 0 Å². The van der Waals surface area contributed by atoms with Gasteiger partial charge in [0.1, 0.15) is 0 Å². The molecule has 1 saturated carbocycles. The first-order valence-corrected chi connectivity index (χ1v) is 12.4. The predicted octanol–water partition coefficient (Wildman–Crippen LogP) is 7.76. The van der Waals surface area contributed by atoms with E-state index in [9.17, 15) is 0 Å². The summed E-state index contributed by atoms with van der Waals surface area (Å²) in [6, 6.07) is 0.746. The molecule has 2 aliphatic carbocycles. The van der Waals surface area contributed by atoms with Crippen LogP contribution in [0.15, 0.2) is 11.1 Å². The van der Waals surface area contributed by atoms with Crippen molar-refractivity contribution < 1.29 is 0 Å². The fourth-order valence-electron chi connectivity index (χ4n) is 6.30. The van der Waals surface area contributed by atoms with Gasteiger partial charge in [0.2, 0.25) is 0 Å². The fourth-order valence-corrected chi connectivity index (χ4v) is 6.30. The van der Waals surface area contributed by atoms with Gasteiger partial charge in [-0.1, -0.05) is 84.8 Å². The molecule has 0 aromatic rings. The molecular weight excluding hydrogens is 326 g/mol. The topological polar surface area (TPSA) is 12.0 Å². The Hall–Kier alpha value is -0.300. The third kappa shape index (κ3) is 6.62. The van der Waals surface area contributed by atoms with Crippen LogP contribution < -0.4 is 5.32 Å². The van der Waals surface area contributed by atoms with Crippen molar-refractivity contribution in [1.29, 1.82) is 0 Å². The third-order valence-electron chi connectivity index (χ3n) is 7.83. The number of allylic oxidation sites excluding steroid dienone is 2. The molecule has 0 amide bonds. The number of rotatable bonds is 10. The highest BCUT2D eigenvalue weighted by atomic mass is 14.9. The smallest absolute Gasteiger partial charge is 0.00697 e.